The number of unbranched alkanes of at least 4 members (excludes halogenated alkanes) is 1. The molecule has 2 aromatic rings. The lowest BCUT2D eigenvalue weighted by atomic mass is 9.97. The van der Waals surface area contributed by atoms with Gasteiger partial charge < -0.3 is 19.1 Å². The van der Waals surface area contributed by atoms with E-state index in [4.69, 9.17) is 14.2 Å². The first-order valence-corrected chi connectivity index (χ1v) is 10.9. The summed E-state index contributed by atoms with van der Waals surface area (Å²) in [6, 6.07) is 16.6. The van der Waals surface area contributed by atoms with Crippen LogP contribution in [0.5, 0.6) is 11.5 Å². The highest BCUT2D eigenvalue weighted by molar-refractivity contribution is 5.71. The van der Waals surface area contributed by atoms with E-state index >= 15 is 0 Å². The summed E-state index contributed by atoms with van der Waals surface area (Å²) in [5, 5.41) is 0. The van der Waals surface area contributed by atoms with Gasteiger partial charge in [-0.1, -0.05) is 18.2 Å². The predicted octanol–water partition coefficient (Wildman–Crippen LogP) is 5.02. The number of benzene rings is 2. The number of hydrogen-bond acceptors (Lipinski definition) is 5. The van der Waals surface area contributed by atoms with E-state index in [9.17, 15) is 4.79 Å². The molecule has 30 heavy (non-hydrogen) atoms. The number of ether oxygens (including phenoxy) is 3. The summed E-state index contributed by atoms with van der Waals surface area (Å²) < 4.78 is 16.3. The second-order valence-corrected chi connectivity index (χ2v) is 7.78. The van der Waals surface area contributed by atoms with Crippen molar-refractivity contribution in [2.24, 2.45) is 0 Å². The molecule has 0 amide bonds. The molecule has 1 fully saturated rings. The maximum atomic E-state index is 11.9. The number of methoxy groups -OCH3 is 2. The fraction of sp³-hybridized carbons (Fsp3) is 0.480. The van der Waals surface area contributed by atoms with Crippen LogP contribution in [0.1, 0.15) is 44.1 Å². The van der Waals surface area contributed by atoms with E-state index in [0.717, 1.165) is 62.3 Å². The Kier molecular flexibility index (Phi) is 8.42. The highest BCUT2D eigenvalue weighted by Gasteiger charge is 2.26. The number of nitrogens with zero attached hydrogens (tertiary/aromatic N) is 1. The fourth-order valence-electron chi connectivity index (χ4n) is 4.04. The largest absolute Gasteiger partial charge is 0.497 e. The highest BCUT2D eigenvalue weighted by atomic mass is 16.5. The zero-order valence-corrected chi connectivity index (χ0v) is 18.1. The molecule has 1 heterocycles. The molecule has 1 aliphatic rings. The van der Waals surface area contributed by atoms with Gasteiger partial charge in [0.05, 0.1) is 27.2 Å². The lowest BCUT2D eigenvalue weighted by Crippen LogP contribution is -2.41. The van der Waals surface area contributed by atoms with Crippen molar-refractivity contribution >= 4 is 11.7 Å². The van der Waals surface area contributed by atoms with E-state index in [-0.39, 0.29) is 12.0 Å². The summed E-state index contributed by atoms with van der Waals surface area (Å²) in [5.41, 5.74) is 2.39. The molecule has 5 nitrogen and oxygen atoms in total. The summed E-state index contributed by atoms with van der Waals surface area (Å²) >= 11 is 0. The Bertz CT molecular complexity index is 793. The number of carbonyl (C=O) groups is 1. The summed E-state index contributed by atoms with van der Waals surface area (Å²) in [6.07, 6.45) is 6.74. The molecule has 0 aliphatic carbocycles. The Morgan fingerprint density at radius 3 is 2.63 bits per heavy atom. The molecule has 1 aliphatic heterocycles. The zero-order chi connectivity index (χ0) is 21.2. The number of aryl methyl sites for hydroxylation is 1. The van der Waals surface area contributed by atoms with E-state index in [2.05, 4.69) is 23.1 Å². The molecule has 0 N–H and O–H groups in total. The van der Waals surface area contributed by atoms with Crippen LogP contribution in [0.3, 0.4) is 0 Å². The van der Waals surface area contributed by atoms with Gasteiger partial charge in [-0.25, -0.2) is 0 Å². The lowest BCUT2D eigenvalue weighted by Gasteiger charge is -2.37. The number of para-hydroxylation sites is 1. The van der Waals surface area contributed by atoms with Crippen molar-refractivity contribution < 1.29 is 19.0 Å². The maximum absolute atomic E-state index is 11.9. The second kappa shape index (κ2) is 11.5. The molecule has 1 atom stereocenters. The van der Waals surface area contributed by atoms with Crippen LogP contribution in [-0.4, -0.2) is 39.4 Å². The van der Waals surface area contributed by atoms with Crippen LogP contribution in [0.4, 0.5) is 5.69 Å². The maximum Gasteiger partial charge on any atom is 0.307 e. The number of piperidine rings is 1. The Balaban J connectivity index is 1.60. The van der Waals surface area contributed by atoms with Crippen molar-refractivity contribution in [2.45, 2.75) is 51.0 Å². The van der Waals surface area contributed by atoms with Crippen molar-refractivity contribution in [3.63, 3.8) is 0 Å². The van der Waals surface area contributed by atoms with E-state index in [1.807, 2.05) is 30.3 Å². The molecule has 2 aromatic carbocycles. The minimum absolute atomic E-state index is 0.145. The summed E-state index contributed by atoms with van der Waals surface area (Å²) in [4.78, 5) is 14.2. The average Bonchev–Trinajstić information content (AvgIpc) is 2.79. The predicted molar refractivity (Wildman–Crippen MR) is 119 cm³/mol. The van der Waals surface area contributed by atoms with E-state index in [1.165, 1.54) is 12.7 Å². The molecule has 162 valence electrons. The summed E-state index contributed by atoms with van der Waals surface area (Å²) in [5.74, 6) is 1.64. The zero-order valence-electron chi connectivity index (χ0n) is 18.1. The Hall–Kier alpha value is -2.69. The van der Waals surface area contributed by atoms with Gasteiger partial charge in [-0.15, -0.1) is 0 Å². The van der Waals surface area contributed by atoms with Gasteiger partial charge in [0.1, 0.15) is 11.5 Å². The number of hydrogen-bond donors (Lipinski definition) is 0. The molecule has 3 rings (SSSR count). The van der Waals surface area contributed by atoms with Crippen LogP contribution in [0.15, 0.2) is 48.5 Å². The van der Waals surface area contributed by atoms with Crippen molar-refractivity contribution in [1.82, 2.24) is 0 Å². The fourth-order valence-corrected chi connectivity index (χ4v) is 4.04. The third-order valence-corrected chi connectivity index (χ3v) is 5.65. The van der Waals surface area contributed by atoms with Gasteiger partial charge in [0, 0.05) is 24.3 Å². The number of anilines is 1. The van der Waals surface area contributed by atoms with E-state index in [1.54, 1.807) is 7.11 Å². The third-order valence-electron chi connectivity index (χ3n) is 5.65. The van der Waals surface area contributed by atoms with Crippen LogP contribution in [0.25, 0.3) is 0 Å². The van der Waals surface area contributed by atoms with E-state index < -0.39 is 0 Å². The van der Waals surface area contributed by atoms with Gasteiger partial charge in [0.15, 0.2) is 0 Å². The molecular weight excluding hydrogens is 378 g/mol. The van der Waals surface area contributed by atoms with Crippen molar-refractivity contribution in [1.29, 1.82) is 0 Å². The number of esters is 1. The lowest BCUT2D eigenvalue weighted by molar-refractivity contribution is -0.141. The average molecular weight is 412 g/mol. The summed E-state index contributed by atoms with van der Waals surface area (Å²) in [7, 11) is 3.17. The third kappa shape index (κ3) is 6.41. The number of carbonyl (C=O) groups excluding carboxylic acids is 1. The molecule has 0 aromatic heterocycles. The van der Waals surface area contributed by atoms with Crippen molar-refractivity contribution in [3.8, 4) is 11.5 Å². The molecule has 5 heteroatoms. The first kappa shape index (κ1) is 22.0. The van der Waals surface area contributed by atoms with Crippen LogP contribution >= 0.6 is 0 Å². The molecule has 0 radical (unpaired) electrons. The standard InChI is InChI=1S/C25H33NO4/c1-28-24-17-20(10-7-9-15-30-23-12-4-3-5-13-23)16-22(18-24)26-14-8-6-11-21(26)19-25(27)29-2/h3-5,12-13,16-18,21H,6-11,14-15,19H2,1-2H3. The molecule has 1 saturated heterocycles. The topological polar surface area (TPSA) is 48.0 Å². The monoisotopic (exact) mass is 411 g/mol. The molecular formula is C25H33NO4. The van der Waals surface area contributed by atoms with Gasteiger partial charge in [-0.3, -0.25) is 4.79 Å². The Morgan fingerprint density at radius 1 is 1.03 bits per heavy atom. The molecule has 1 unspecified atom stereocenters. The van der Waals surface area contributed by atoms with Gasteiger partial charge in [0.25, 0.3) is 0 Å². The quantitative estimate of drug-likeness (QED) is 0.406. The Morgan fingerprint density at radius 2 is 1.87 bits per heavy atom. The van der Waals surface area contributed by atoms with Gasteiger partial charge in [-0.05, 0) is 68.4 Å². The minimum Gasteiger partial charge on any atom is -0.497 e. The van der Waals surface area contributed by atoms with E-state index in [0.29, 0.717) is 13.0 Å². The molecule has 0 saturated carbocycles. The van der Waals surface area contributed by atoms with Crippen LogP contribution < -0.4 is 14.4 Å². The van der Waals surface area contributed by atoms with Crippen LogP contribution in [0.2, 0.25) is 0 Å². The van der Waals surface area contributed by atoms with Gasteiger partial charge in [-0.2, -0.15) is 0 Å². The summed E-state index contributed by atoms with van der Waals surface area (Å²) in [6.45, 7) is 1.67. The smallest absolute Gasteiger partial charge is 0.307 e. The van der Waals surface area contributed by atoms with Gasteiger partial charge in [0.2, 0.25) is 0 Å². The van der Waals surface area contributed by atoms with Crippen LogP contribution in [-0.2, 0) is 16.0 Å². The van der Waals surface area contributed by atoms with Gasteiger partial charge >= 0.3 is 5.97 Å². The first-order valence-electron chi connectivity index (χ1n) is 10.9. The van der Waals surface area contributed by atoms with Crippen molar-refractivity contribution in [2.75, 3.05) is 32.3 Å². The minimum atomic E-state index is -0.145. The SMILES string of the molecule is COC(=O)CC1CCCCN1c1cc(CCCCOc2ccccc2)cc(OC)c1. The number of rotatable bonds is 10. The van der Waals surface area contributed by atoms with Crippen LogP contribution in [0, 0.1) is 0 Å². The normalized spacial score (nSPS) is 16.2. The Labute approximate surface area is 179 Å². The highest BCUT2D eigenvalue weighted by Crippen LogP contribution is 2.31. The second-order valence-electron chi connectivity index (χ2n) is 7.78. The first-order chi connectivity index (χ1) is 14.7. The van der Waals surface area contributed by atoms with Crippen molar-refractivity contribution in [3.05, 3.63) is 54.1 Å². The molecule has 0 spiro atoms. The molecule has 0 bridgehead atoms.